The molecule has 0 aliphatic heterocycles. The zero-order valence-electron chi connectivity index (χ0n) is 7.74. The van der Waals surface area contributed by atoms with Crippen molar-refractivity contribution >= 4 is 47.9 Å². The van der Waals surface area contributed by atoms with Gasteiger partial charge in [0.15, 0.2) is 0 Å². The Morgan fingerprint density at radius 2 is 2.00 bits per heavy atom. The lowest BCUT2D eigenvalue weighted by atomic mass is 10.4. The first-order valence-electron chi connectivity index (χ1n) is 3.97. The van der Waals surface area contributed by atoms with Gasteiger partial charge in [-0.3, -0.25) is 0 Å². The Bertz CT molecular complexity index is 515. The van der Waals surface area contributed by atoms with Crippen molar-refractivity contribution in [2.45, 2.75) is 4.90 Å². The van der Waals surface area contributed by atoms with Gasteiger partial charge < -0.3 is 9.90 Å². The first-order chi connectivity index (χ1) is 7.33. The molecular formula is C8H6Br2NO4S-. The smallest absolute Gasteiger partial charge is 0.242 e. The third-order valence-corrected chi connectivity index (χ3v) is 4.48. The molecule has 1 N–H and O–H groups in total. The molecule has 0 bridgehead atoms. The summed E-state index contributed by atoms with van der Waals surface area (Å²) in [6, 6.07) is 4.56. The summed E-state index contributed by atoms with van der Waals surface area (Å²) in [6.45, 7) is -0.763. The number of rotatable bonds is 4. The molecule has 0 saturated heterocycles. The minimum Gasteiger partial charge on any atom is -0.549 e. The molecule has 8 heteroatoms. The number of sulfonamides is 1. The predicted molar refractivity (Wildman–Crippen MR) is 62.0 cm³/mol. The van der Waals surface area contributed by atoms with Gasteiger partial charge in [0.1, 0.15) is 0 Å². The standard InChI is InChI=1S/C8H7Br2NO4S/c9-5-1-2-6(10)7(3-5)16(14,15)11-4-8(12)13/h1-3,11H,4H2,(H,12,13)/p-1. The maximum absolute atomic E-state index is 11.7. The molecule has 0 aromatic heterocycles. The van der Waals surface area contributed by atoms with E-state index in [0.29, 0.717) is 8.95 Å². The maximum Gasteiger partial charge on any atom is 0.242 e. The summed E-state index contributed by atoms with van der Waals surface area (Å²) in [4.78, 5) is 10.1. The molecule has 0 heterocycles. The number of carboxylic acid groups (broad SMARTS) is 1. The highest BCUT2D eigenvalue weighted by molar-refractivity contribution is 9.11. The Labute approximate surface area is 109 Å². The van der Waals surface area contributed by atoms with E-state index in [2.05, 4.69) is 31.9 Å². The highest BCUT2D eigenvalue weighted by atomic mass is 79.9. The molecule has 0 aliphatic carbocycles. The molecule has 1 aromatic rings. The quantitative estimate of drug-likeness (QED) is 0.821. The molecule has 5 nitrogen and oxygen atoms in total. The van der Waals surface area contributed by atoms with Gasteiger partial charge in [-0.15, -0.1) is 0 Å². The van der Waals surface area contributed by atoms with Crippen LogP contribution in [0.1, 0.15) is 0 Å². The third kappa shape index (κ3) is 3.55. The van der Waals surface area contributed by atoms with Crippen LogP contribution in [-0.4, -0.2) is 20.9 Å². The van der Waals surface area contributed by atoms with Crippen LogP contribution in [0.3, 0.4) is 0 Å². The lowest BCUT2D eigenvalue weighted by Gasteiger charge is -2.09. The van der Waals surface area contributed by atoms with Crippen LogP contribution in [0.25, 0.3) is 0 Å². The molecule has 0 unspecified atom stereocenters. The number of aliphatic carboxylic acids is 1. The number of hydrogen-bond acceptors (Lipinski definition) is 4. The summed E-state index contributed by atoms with van der Waals surface area (Å²) in [6.07, 6.45) is 0. The largest absolute Gasteiger partial charge is 0.549 e. The van der Waals surface area contributed by atoms with Gasteiger partial charge in [-0.25, -0.2) is 13.1 Å². The van der Waals surface area contributed by atoms with Crippen LogP contribution in [0.4, 0.5) is 0 Å². The highest BCUT2D eigenvalue weighted by Gasteiger charge is 2.17. The van der Waals surface area contributed by atoms with E-state index >= 15 is 0 Å². The van der Waals surface area contributed by atoms with E-state index in [-0.39, 0.29) is 4.90 Å². The van der Waals surface area contributed by atoms with Crippen molar-refractivity contribution in [2.75, 3.05) is 6.54 Å². The van der Waals surface area contributed by atoms with Gasteiger partial charge in [-0.05, 0) is 34.1 Å². The van der Waals surface area contributed by atoms with Crippen molar-refractivity contribution in [1.29, 1.82) is 0 Å². The molecule has 1 aromatic carbocycles. The summed E-state index contributed by atoms with van der Waals surface area (Å²) in [5.74, 6) is -1.49. The summed E-state index contributed by atoms with van der Waals surface area (Å²) >= 11 is 6.20. The predicted octanol–water partition coefficient (Wildman–Crippen LogP) is 0.240. The minimum atomic E-state index is -3.86. The van der Waals surface area contributed by atoms with E-state index < -0.39 is 22.5 Å². The van der Waals surface area contributed by atoms with Gasteiger partial charge in [0, 0.05) is 8.95 Å². The Morgan fingerprint density at radius 3 is 2.56 bits per heavy atom. The molecule has 0 spiro atoms. The summed E-state index contributed by atoms with van der Waals surface area (Å²) in [7, 11) is -3.86. The topological polar surface area (TPSA) is 86.3 Å². The summed E-state index contributed by atoms with van der Waals surface area (Å²) in [5, 5.41) is 10.2. The Morgan fingerprint density at radius 1 is 1.38 bits per heavy atom. The zero-order valence-corrected chi connectivity index (χ0v) is 11.7. The number of carbonyl (C=O) groups excluding carboxylic acids is 1. The van der Waals surface area contributed by atoms with Crippen LogP contribution in [0.5, 0.6) is 0 Å². The van der Waals surface area contributed by atoms with Crippen molar-refractivity contribution in [1.82, 2.24) is 4.72 Å². The fourth-order valence-electron chi connectivity index (χ4n) is 0.915. The Kier molecular flexibility index (Phi) is 4.48. The van der Waals surface area contributed by atoms with Crippen molar-refractivity contribution in [3.63, 3.8) is 0 Å². The molecule has 0 atom stereocenters. The van der Waals surface area contributed by atoms with E-state index in [0.717, 1.165) is 0 Å². The number of nitrogens with one attached hydrogen (secondary N) is 1. The molecular weight excluding hydrogens is 366 g/mol. The molecule has 1 rings (SSSR count). The number of hydrogen-bond donors (Lipinski definition) is 1. The van der Waals surface area contributed by atoms with Gasteiger partial charge in [0.25, 0.3) is 0 Å². The Balaban J connectivity index is 3.07. The molecule has 0 aliphatic rings. The fraction of sp³-hybridized carbons (Fsp3) is 0.125. The van der Waals surface area contributed by atoms with Crippen molar-refractivity contribution in [3.8, 4) is 0 Å². The third-order valence-electron chi connectivity index (χ3n) is 1.59. The molecule has 88 valence electrons. The van der Waals surface area contributed by atoms with E-state index in [1.807, 2.05) is 4.72 Å². The van der Waals surface area contributed by atoms with Crippen molar-refractivity contribution < 1.29 is 18.3 Å². The van der Waals surface area contributed by atoms with Crippen molar-refractivity contribution in [2.24, 2.45) is 0 Å². The number of benzene rings is 1. The monoisotopic (exact) mass is 370 g/mol. The lowest BCUT2D eigenvalue weighted by molar-refractivity contribution is -0.303. The van der Waals surface area contributed by atoms with E-state index in [4.69, 9.17) is 0 Å². The average molecular weight is 372 g/mol. The maximum atomic E-state index is 11.7. The molecule has 0 radical (unpaired) electrons. The number of carboxylic acids is 1. The fourth-order valence-corrected chi connectivity index (χ4v) is 3.38. The summed E-state index contributed by atoms with van der Waals surface area (Å²) < 4.78 is 26.1. The average Bonchev–Trinajstić information content (AvgIpc) is 2.19. The van der Waals surface area contributed by atoms with E-state index in [1.165, 1.54) is 12.1 Å². The molecule has 0 fully saturated rings. The zero-order chi connectivity index (χ0) is 12.3. The van der Waals surface area contributed by atoms with Gasteiger partial charge in [-0.2, -0.15) is 0 Å². The first kappa shape index (κ1) is 13.6. The SMILES string of the molecule is O=C([O-])CNS(=O)(=O)c1cc(Br)ccc1Br. The van der Waals surface area contributed by atoms with Crippen LogP contribution in [0, 0.1) is 0 Å². The van der Waals surface area contributed by atoms with Gasteiger partial charge in [0.05, 0.1) is 17.4 Å². The second kappa shape index (κ2) is 5.26. The van der Waals surface area contributed by atoms with Gasteiger partial charge in [-0.1, -0.05) is 15.9 Å². The summed E-state index contributed by atoms with van der Waals surface area (Å²) in [5.41, 5.74) is 0. The minimum absolute atomic E-state index is 0.0388. The molecule has 16 heavy (non-hydrogen) atoms. The number of carbonyl (C=O) groups is 1. The van der Waals surface area contributed by atoms with E-state index in [1.54, 1.807) is 6.07 Å². The highest BCUT2D eigenvalue weighted by Crippen LogP contribution is 2.25. The van der Waals surface area contributed by atoms with Crippen LogP contribution < -0.4 is 9.83 Å². The Hall–Kier alpha value is -0.440. The lowest BCUT2D eigenvalue weighted by Crippen LogP contribution is -2.37. The van der Waals surface area contributed by atoms with E-state index in [9.17, 15) is 18.3 Å². The van der Waals surface area contributed by atoms with Gasteiger partial charge >= 0.3 is 0 Å². The van der Waals surface area contributed by atoms with Crippen LogP contribution in [0.2, 0.25) is 0 Å². The number of halogens is 2. The normalized spacial score (nSPS) is 11.4. The van der Waals surface area contributed by atoms with Gasteiger partial charge in [0.2, 0.25) is 10.0 Å². The van der Waals surface area contributed by atoms with Crippen LogP contribution >= 0.6 is 31.9 Å². The second-order valence-corrected chi connectivity index (χ2v) is 6.28. The molecule has 0 saturated carbocycles. The van der Waals surface area contributed by atoms with Crippen LogP contribution in [0.15, 0.2) is 32.0 Å². The second-order valence-electron chi connectivity index (χ2n) is 2.77. The molecule has 0 amide bonds. The van der Waals surface area contributed by atoms with Crippen LogP contribution in [-0.2, 0) is 14.8 Å². The van der Waals surface area contributed by atoms with Crippen molar-refractivity contribution in [3.05, 3.63) is 27.1 Å². The first-order valence-corrected chi connectivity index (χ1v) is 7.04.